The van der Waals surface area contributed by atoms with E-state index in [4.69, 9.17) is 10.5 Å². The van der Waals surface area contributed by atoms with Crippen molar-refractivity contribution in [2.75, 3.05) is 19.7 Å². The van der Waals surface area contributed by atoms with Gasteiger partial charge in [-0.2, -0.15) is 0 Å². The molecule has 1 aromatic heterocycles. The van der Waals surface area contributed by atoms with Crippen LogP contribution in [0, 0.1) is 0 Å². The minimum absolute atomic E-state index is 0.0462. The maximum absolute atomic E-state index is 12.3. The summed E-state index contributed by atoms with van der Waals surface area (Å²) >= 11 is 1.58. The van der Waals surface area contributed by atoms with Crippen molar-refractivity contribution in [1.29, 1.82) is 0 Å². The highest BCUT2D eigenvalue weighted by Crippen LogP contribution is 2.20. The smallest absolute Gasteiger partial charge is 0.264 e. The van der Waals surface area contributed by atoms with Crippen LogP contribution in [0.3, 0.4) is 0 Å². The van der Waals surface area contributed by atoms with E-state index in [0.29, 0.717) is 19.7 Å². The largest absolute Gasteiger partial charge is 0.373 e. The van der Waals surface area contributed by atoms with E-state index in [2.05, 4.69) is 6.92 Å². The summed E-state index contributed by atoms with van der Waals surface area (Å²) in [4.78, 5) is 16.2. The number of carbonyl (C=O) groups excluding carboxylic acids is 1. The molecule has 18 heavy (non-hydrogen) atoms. The van der Waals surface area contributed by atoms with Gasteiger partial charge in [0.25, 0.3) is 5.91 Å². The summed E-state index contributed by atoms with van der Waals surface area (Å²) in [7, 11) is 0. The van der Waals surface area contributed by atoms with Gasteiger partial charge < -0.3 is 15.4 Å². The Labute approximate surface area is 112 Å². The molecule has 5 heteroatoms. The molecule has 100 valence electrons. The fourth-order valence-electron chi connectivity index (χ4n) is 2.02. The van der Waals surface area contributed by atoms with E-state index in [1.54, 1.807) is 11.3 Å². The van der Waals surface area contributed by atoms with Crippen molar-refractivity contribution in [1.82, 2.24) is 4.90 Å². The maximum Gasteiger partial charge on any atom is 0.264 e. The number of aryl methyl sites for hydroxylation is 1. The number of amides is 1. The van der Waals surface area contributed by atoms with E-state index in [1.165, 1.54) is 4.88 Å². The van der Waals surface area contributed by atoms with E-state index >= 15 is 0 Å². The third kappa shape index (κ3) is 2.91. The Balaban J connectivity index is 2.04. The van der Waals surface area contributed by atoms with Crippen molar-refractivity contribution >= 4 is 17.2 Å². The molecule has 1 aliphatic heterocycles. The second-order valence-electron chi connectivity index (χ2n) is 4.64. The molecule has 2 unspecified atom stereocenters. The van der Waals surface area contributed by atoms with Gasteiger partial charge in [-0.15, -0.1) is 11.3 Å². The van der Waals surface area contributed by atoms with Crippen molar-refractivity contribution in [2.24, 2.45) is 5.73 Å². The molecule has 2 rings (SSSR count). The van der Waals surface area contributed by atoms with Crippen molar-refractivity contribution in [2.45, 2.75) is 32.4 Å². The van der Waals surface area contributed by atoms with Crippen LogP contribution in [0.15, 0.2) is 12.1 Å². The van der Waals surface area contributed by atoms with Crippen molar-refractivity contribution in [3.63, 3.8) is 0 Å². The molecule has 1 saturated heterocycles. The molecule has 2 N–H and O–H groups in total. The van der Waals surface area contributed by atoms with Gasteiger partial charge in [-0.1, -0.05) is 6.92 Å². The van der Waals surface area contributed by atoms with Gasteiger partial charge in [0.05, 0.1) is 17.6 Å². The zero-order chi connectivity index (χ0) is 13.1. The van der Waals surface area contributed by atoms with Gasteiger partial charge in [-0.25, -0.2) is 0 Å². The number of nitrogens with two attached hydrogens (primary N) is 1. The Kier molecular flexibility index (Phi) is 4.37. The molecule has 4 nitrogen and oxygen atoms in total. The quantitative estimate of drug-likeness (QED) is 0.904. The van der Waals surface area contributed by atoms with Crippen LogP contribution in [-0.4, -0.2) is 42.6 Å². The fraction of sp³-hybridized carbons (Fsp3) is 0.615. The first-order valence-electron chi connectivity index (χ1n) is 6.37. The van der Waals surface area contributed by atoms with Crippen LogP contribution in [0.2, 0.25) is 0 Å². The Morgan fingerprint density at radius 1 is 1.67 bits per heavy atom. The lowest BCUT2D eigenvalue weighted by Crippen LogP contribution is -2.51. The molecule has 1 aromatic rings. The summed E-state index contributed by atoms with van der Waals surface area (Å²) in [6.07, 6.45) is 0.928. The average Bonchev–Trinajstić information content (AvgIpc) is 2.86. The second-order valence-corrected chi connectivity index (χ2v) is 5.81. The summed E-state index contributed by atoms with van der Waals surface area (Å²) in [5.41, 5.74) is 5.83. The van der Waals surface area contributed by atoms with E-state index in [-0.39, 0.29) is 18.1 Å². The summed E-state index contributed by atoms with van der Waals surface area (Å²) in [6, 6.07) is 3.90. The number of nitrogens with zero attached hydrogens (tertiary/aromatic N) is 1. The van der Waals surface area contributed by atoms with Gasteiger partial charge in [0.2, 0.25) is 0 Å². The molecular weight excluding hydrogens is 248 g/mol. The molecule has 0 aromatic carbocycles. The van der Waals surface area contributed by atoms with E-state index in [9.17, 15) is 4.79 Å². The van der Waals surface area contributed by atoms with Gasteiger partial charge in [-0.3, -0.25) is 4.79 Å². The highest BCUT2D eigenvalue weighted by atomic mass is 32.1. The van der Waals surface area contributed by atoms with Gasteiger partial charge in [0, 0.05) is 24.0 Å². The van der Waals surface area contributed by atoms with Gasteiger partial charge in [0.15, 0.2) is 0 Å². The zero-order valence-corrected chi connectivity index (χ0v) is 11.7. The molecule has 1 aliphatic rings. The number of hydrogen-bond acceptors (Lipinski definition) is 4. The minimum Gasteiger partial charge on any atom is -0.373 e. The minimum atomic E-state index is -0.0479. The lowest BCUT2D eigenvalue weighted by atomic mass is 10.1. The molecule has 0 spiro atoms. The Morgan fingerprint density at radius 3 is 3.06 bits per heavy atom. The number of carbonyl (C=O) groups is 1. The van der Waals surface area contributed by atoms with E-state index in [1.807, 2.05) is 24.0 Å². The second kappa shape index (κ2) is 5.82. The number of morpholine rings is 1. The maximum atomic E-state index is 12.3. The monoisotopic (exact) mass is 268 g/mol. The number of ether oxygens (including phenoxy) is 1. The molecule has 1 fully saturated rings. The third-order valence-corrected chi connectivity index (χ3v) is 4.41. The zero-order valence-electron chi connectivity index (χ0n) is 10.9. The summed E-state index contributed by atoms with van der Waals surface area (Å²) in [5, 5.41) is 0. The van der Waals surface area contributed by atoms with Gasteiger partial charge in [0.1, 0.15) is 0 Å². The first kappa shape index (κ1) is 13.5. The molecule has 2 atom stereocenters. The van der Waals surface area contributed by atoms with Crippen LogP contribution in [0.1, 0.15) is 28.4 Å². The Bertz CT molecular complexity index is 417. The number of thiophene rings is 1. The molecule has 0 bridgehead atoms. The molecule has 2 heterocycles. The summed E-state index contributed by atoms with van der Waals surface area (Å²) < 4.78 is 5.57. The predicted molar refractivity (Wildman–Crippen MR) is 73.0 cm³/mol. The highest BCUT2D eigenvalue weighted by Gasteiger charge is 2.27. The van der Waals surface area contributed by atoms with Crippen molar-refractivity contribution in [3.05, 3.63) is 21.9 Å². The van der Waals surface area contributed by atoms with Crippen LogP contribution in [0.25, 0.3) is 0 Å². The lowest BCUT2D eigenvalue weighted by Gasteiger charge is -2.34. The predicted octanol–water partition coefficient (Wildman–Crippen LogP) is 1.50. The van der Waals surface area contributed by atoms with Crippen LogP contribution in [0.5, 0.6) is 0 Å². The topological polar surface area (TPSA) is 55.6 Å². The molecule has 0 saturated carbocycles. The summed E-state index contributed by atoms with van der Waals surface area (Å²) in [5.74, 6) is 0.105. The van der Waals surface area contributed by atoms with E-state index in [0.717, 1.165) is 11.3 Å². The van der Waals surface area contributed by atoms with Gasteiger partial charge in [-0.05, 0) is 25.5 Å². The van der Waals surface area contributed by atoms with E-state index < -0.39 is 0 Å². The molecule has 0 radical (unpaired) electrons. The van der Waals surface area contributed by atoms with Crippen LogP contribution < -0.4 is 5.73 Å². The first-order valence-corrected chi connectivity index (χ1v) is 7.18. The number of rotatable bonds is 3. The third-order valence-electron chi connectivity index (χ3n) is 3.19. The average molecular weight is 268 g/mol. The standard InChI is InChI=1S/C13H20N2O2S/c1-3-10-4-5-12(18-10)13(16)15-6-7-17-11(8-15)9(2)14/h4-5,9,11H,3,6-8,14H2,1-2H3. The van der Waals surface area contributed by atoms with Crippen molar-refractivity contribution in [3.8, 4) is 0 Å². The molecule has 0 aliphatic carbocycles. The highest BCUT2D eigenvalue weighted by molar-refractivity contribution is 7.14. The summed E-state index contributed by atoms with van der Waals surface area (Å²) in [6.45, 7) is 5.83. The van der Waals surface area contributed by atoms with Crippen molar-refractivity contribution < 1.29 is 9.53 Å². The molecule has 1 amide bonds. The lowest BCUT2D eigenvalue weighted by molar-refractivity contribution is -0.0298. The Hall–Kier alpha value is -0.910. The first-order chi connectivity index (χ1) is 8.61. The van der Waals surface area contributed by atoms with Crippen LogP contribution in [-0.2, 0) is 11.2 Å². The SMILES string of the molecule is CCc1ccc(C(=O)N2CCOC(C(C)N)C2)s1. The normalized spacial score (nSPS) is 21.9. The molecular formula is C13H20N2O2S. The number of hydrogen-bond donors (Lipinski definition) is 1. The fourth-order valence-corrected chi connectivity index (χ4v) is 2.93. The van der Waals surface area contributed by atoms with Gasteiger partial charge >= 0.3 is 0 Å². The Morgan fingerprint density at radius 2 is 2.44 bits per heavy atom. The van der Waals surface area contributed by atoms with Crippen LogP contribution in [0.4, 0.5) is 0 Å². The van der Waals surface area contributed by atoms with Crippen LogP contribution >= 0.6 is 11.3 Å².